The normalized spacial score (nSPS) is 18.9. The number of nitrogens with one attached hydrogen (secondary N) is 2. The molecule has 0 bridgehead atoms. The van der Waals surface area contributed by atoms with Crippen LogP contribution >= 0.6 is 34.5 Å². The van der Waals surface area contributed by atoms with E-state index in [-0.39, 0.29) is 0 Å². The average molecular weight is 445 g/mol. The van der Waals surface area contributed by atoms with E-state index in [4.69, 9.17) is 32.9 Å². The van der Waals surface area contributed by atoms with E-state index in [1.165, 1.54) is 25.7 Å². The molecule has 1 aliphatic rings. The van der Waals surface area contributed by atoms with Gasteiger partial charge in [-0.05, 0) is 67.7 Å². The lowest BCUT2D eigenvalue weighted by Crippen LogP contribution is -2.34. The Hall–Kier alpha value is -0.980. The van der Waals surface area contributed by atoms with Crippen LogP contribution in [0.5, 0.6) is 5.75 Å². The molecule has 1 saturated carbocycles. The summed E-state index contributed by atoms with van der Waals surface area (Å²) in [5.74, 6) is 1.66. The zero-order chi connectivity index (χ0) is 20.2. The Kier molecular flexibility index (Phi) is 11.1. The molecule has 0 atom stereocenters. The number of hydroxylamine groups is 1. The molecule has 1 heterocycles. The molecule has 0 amide bonds. The summed E-state index contributed by atoms with van der Waals surface area (Å²) in [5, 5.41) is 4.15. The number of hydrogen-bond donors (Lipinski definition) is 2. The van der Waals surface area contributed by atoms with Gasteiger partial charge in [0.1, 0.15) is 10.8 Å². The van der Waals surface area contributed by atoms with Crippen molar-refractivity contribution in [1.82, 2.24) is 5.48 Å². The van der Waals surface area contributed by atoms with Crippen LogP contribution in [0.3, 0.4) is 0 Å². The monoisotopic (exact) mass is 444 g/mol. The van der Waals surface area contributed by atoms with E-state index in [9.17, 15) is 0 Å². The van der Waals surface area contributed by atoms with Crippen LogP contribution in [0.1, 0.15) is 52.4 Å². The molecule has 156 valence electrons. The molecule has 1 aromatic heterocycles. The summed E-state index contributed by atoms with van der Waals surface area (Å²) < 4.78 is 5.44. The van der Waals surface area contributed by atoms with Gasteiger partial charge < -0.3 is 4.74 Å². The van der Waals surface area contributed by atoms with E-state index in [1.54, 1.807) is 23.5 Å². The predicted octanol–water partition coefficient (Wildman–Crippen LogP) is 7.35. The molecule has 3 rings (SSSR count). The summed E-state index contributed by atoms with van der Waals surface area (Å²) in [4.78, 5) is 5.26. The van der Waals surface area contributed by atoms with Gasteiger partial charge in [0.15, 0.2) is 0 Å². The number of unbranched alkanes of at least 4 members (excludes halogenated alkanes) is 1. The fourth-order valence-electron chi connectivity index (χ4n) is 2.78. The minimum Gasteiger partial charge on any atom is -0.494 e. The molecule has 0 saturated heterocycles. The van der Waals surface area contributed by atoms with Gasteiger partial charge in [0.25, 0.3) is 0 Å². The smallest absolute Gasteiger partial charge is 0.120 e. The topological polar surface area (TPSA) is 42.5 Å². The molecule has 7 heteroatoms. The molecule has 1 fully saturated rings. The lowest BCUT2D eigenvalue weighted by atomic mass is 9.88. The third kappa shape index (κ3) is 9.01. The molecule has 0 radical (unpaired) electrons. The number of anilines is 1. The minimum absolute atomic E-state index is 0.508. The molecular formula is C21H30Cl2N2O2S. The quantitative estimate of drug-likeness (QED) is 0.329. The summed E-state index contributed by atoms with van der Waals surface area (Å²) in [5.41, 5.74) is 5.97. The number of benzene rings is 1. The first-order chi connectivity index (χ1) is 13.6. The minimum atomic E-state index is 0.508. The van der Waals surface area contributed by atoms with Crippen molar-refractivity contribution in [3.8, 4) is 5.75 Å². The summed E-state index contributed by atoms with van der Waals surface area (Å²) in [7, 11) is 0. The zero-order valence-electron chi connectivity index (χ0n) is 16.5. The van der Waals surface area contributed by atoms with Crippen LogP contribution in [0.15, 0.2) is 35.7 Å². The van der Waals surface area contributed by atoms with Crippen molar-refractivity contribution < 1.29 is 9.68 Å². The first-order valence-corrected chi connectivity index (χ1v) is 11.5. The van der Waals surface area contributed by atoms with Crippen LogP contribution < -0.4 is 15.7 Å². The van der Waals surface area contributed by atoms with Gasteiger partial charge in [-0.3, -0.25) is 0 Å². The van der Waals surface area contributed by atoms with Crippen molar-refractivity contribution in [2.75, 3.05) is 12.1 Å². The third-order valence-electron chi connectivity index (χ3n) is 4.57. The summed E-state index contributed by atoms with van der Waals surface area (Å²) in [6, 6.07) is 9.80. The van der Waals surface area contributed by atoms with Crippen molar-refractivity contribution in [3.05, 3.63) is 45.8 Å². The number of rotatable bonds is 8. The largest absolute Gasteiger partial charge is 0.494 e. The molecule has 1 aliphatic carbocycles. The lowest BCUT2D eigenvalue weighted by molar-refractivity contribution is 0.0428. The van der Waals surface area contributed by atoms with Crippen LogP contribution in [0.2, 0.25) is 10.0 Å². The second-order valence-corrected chi connectivity index (χ2v) is 8.80. The van der Waals surface area contributed by atoms with Crippen molar-refractivity contribution >= 4 is 39.5 Å². The Morgan fingerprint density at radius 2 is 1.89 bits per heavy atom. The summed E-state index contributed by atoms with van der Waals surface area (Å²) >= 11 is 13.2. The fraction of sp³-hybridized carbons (Fsp3) is 0.524. The second-order valence-electron chi connectivity index (χ2n) is 7.03. The maximum Gasteiger partial charge on any atom is 0.120 e. The molecule has 2 aromatic rings. The first kappa shape index (κ1) is 23.3. The average Bonchev–Trinajstić information content (AvgIpc) is 3.21. The highest BCUT2D eigenvalue weighted by atomic mass is 35.5. The van der Waals surface area contributed by atoms with Crippen molar-refractivity contribution in [2.45, 2.75) is 58.4 Å². The maximum absolute atomic E-state index is 5.81. The maximum atomic E-state index is 5.81. The molecule has 0 spiro atoms. The Balaban J connectivity index is 0.000000203. The Morgan fingerprint density at radius 1 is 1.11 bits per heavy atom. The van der Waals surface area contributed by atoms with Crippen LogP contribution in [-0.2, 0) is 4.94 Å². The van der Waals surface area contributed by atoms with E-state index in [0.717, 1.165) is 36.1 Å². The van der Waals surface area contributed by atoms with E-state index < -0.39 is 0 Å². The van der Waals surface area contributed by atoms with Crippen LogP contribution in [0.4, 0.5) is 5.00 Å². The van der Waals surface area contributed by atoms with Crippen LogP contribution in [0.25, 0.3) is 0 Å². The Bertz CT molecular complexity index is 662. The zero-order valence-corrected chi connectivity index (χ0v) is 18.9. The van der Waals surface area contributed by atoms with E-state index in [0.29, 0.717) is 16.1 Å². The van der Waals surface area contributed by atoms with Gasteiger partial charge in [-0.2, -0.15) is 10.4 Å². The highest BCUT2D eigenvalue weighted by molar-refractivity contribution is 7.14. The number of halogens is 2. The van der Waals surface area contributed by atoms with E-state index >= 15 is 0 Å². The number of thiophene rings is 1. The van der Waals surface area contributed by atoms with E-state index in [1.807, 2.05) is 23.6 Å². The fourth-order valence-corrected chi connectivity index (χ4v) is 3.62. The highest BCUT2D eigenvalue weighted by Crippen LogP contribution is 2.26. The Labute approximate surface area is 182 Å². The Morgan fingerprint density at radius 3 is 2.54 bits per heavy atom. The highest BCUT2D eigenvalue weighted by Gasteiger charge is 2.17. The standard InChI is InChI=1S/C11H18N2OS.C10H12Cl2O/c1-9-4-6-10(7-5-9)12-14-13-11-3-2-8-15-11;1-2-3-6-13-8-4-5-9(11)10(12)7-8/h2-3,8-10,12-13H,4-7H2,1H3;4-5,7H,2-3,6H2,1H3. The molecule has 2 N–H and O–H groups in total. The number of hydrogen-bond acceptors (Lipinski definition) is 5. The first-order valence-electron chi connectivity index (χ1n) is 9.87. The van der Waals surface area contributed by atoms with Gasteiger partial charge in [0.2, 0.25) is 0 Å². The van der Waals surface area contributed by atoms with Crippen molar-refractivity contribution in [3.63, 3.8) is 0 Å². The van der Waals surface area contributed by atoms with Gasteiger partial charge in [-0.1, -0.05) is 43.5 Å². The van der Waals surface area contributed by atoms with Gasteiger partial charge in [0, 0.05) is 12.1 Å². The molecule has 28 heavy (non-hydrogen) atoms. The summed E-state index contributed by atoms with van der Waals surface area (Å²) in [6.07, 6.45) is 7.22. The molecular weight excluding hydrogens is 415 g/mol. The third-order valence-corrected chi connectivity index (χ3v) is 6.08. The second kappa shape index (κ2) is 13.3. The lowest BCUT2D eigenvalue weighted by Gasteiger charge is -2.26. The molecule has 0 unspecified atom stereocenters. The van der Waals surface area contributed by atoms with Gasteiger partial charge in [-0.25, -0.2) is 5.48 Å². The van der Waals surface area contributed by atoms with E-state index in [2.05, 4.69) is 24.8 Å². The number of ether oxygens (including phenoxy) is 1. The summed E-state index contributed by atoms with van der Waals surface area (Å²) in [6.45, 7) is 5.17. The molecule has 4 nitrogen and oxygen atoms in total. The SMILES string of the molecule is CC1CCC(NONc2cccs2)CC1.CCCCOc1ccc(Cl)c(Cl)c1. The van der Waals surface area contributed by atoms with Crippen molar-refractivity contribution in [2.24, 2.45) is 5.92 Å². The molecule has 1 aromatic carbocycles. The van der Waals surface area contributed by atoms with Gasteiger partial charge in [-0.15, -0.1) is 11.3 Å². The van der Waals surface area contributed by atoms with Gasteiger partial charge in [0.05, 0.1) is 16.7 Å². The van der Waals surface area contributed by atoms with Crippen molar-refractivity contribution in [1.29, 1.82) is 0 Å². The van der Waals surface area contributed by atoms with Crippen LogP contribution in [-0.4, -0.2) is 12.6 Å². The van der Waals surface area contributed by atoms with Crippen LogP contribution in [0, 0.1) is 5.92 Å². The predicted molar refractivity (Wildman–Crippen MR) is 120 cm³/mol. The van der Waals surface area contributed by atoms with Gasteiger partial charge >= 0.3 is 0 Å². The molecule has 0 aliphatic heterocycles.